The Hall–Kier alpha value is -4.16. The first kappa shape index (κ1) is 25.5. The summed E-state index contributed by atoms with van der Waals surface area (Å²) in [5, 5.41) is 0.655. The number of hydrogen-bond acceptors (Lipinski definition) is 8. The quantitative estimate of drug-likeness (QED) is 0.436. The molecule has 0 N–H and O–H groups in total. The van der Waals surface area contributed by atoms with Gasteiger partial charge < -0.3 is 14.2 Å². The van der Waals surface area contributed by atoms with E-state index in [1.54, 1.807) is 12.1 Å². The van der Waals surface area contributed by atoms with Crippen molar-refractivity contribution >= 4 is 28.5 Å². The van der Waals surface area contributed by atoms with Crippen molar-refractivity contribution < 1.29 is 37.0 Å². The normalized spacial score (nSPS) is 20.2. The van der Waals surface area contributed by atoms with Gasteiger partial charge in [-0.05, 0) is 37.8 Å². The maximum atomic E-state index is 13.1. The molecule has 13 heteroatoms. The number of alkyl halides is 3. The Labute approximate surface area is 215 Å². The number of fused-ring (bicyclic) bond motifs is 1. The molecule has 10 nitrogen and oxygen atoms in total. The average molecular weight is 531 g/mol. The van der Waals surface area contributed by atoms with Gasteiger partial charge in [-0.3, -0.25) is 19.6 Å². The van der Waals surface area contributed by atoms with Gasteiger partial charge in [0.15, 0.2) is 11.5 Å². The van der Waals surface area contributed by atoms with E-state index in [2.05, 4.69) is 15.0 Å². The number of halogens is 3. The largest absolute Gasteiger partial charge is 0.493 e. The molecule has 3 heterocycles. The maximum Gasteiger partial charge on any atom is 0.417 e. The van der Waals surface area contributed by atoms with Crippen LogP contribution in [0, 0.1) is 0 Å². The molecule has 1 aromatic carbocycles. The number of aromatic nitrogens is 3. The second kappa shape index (κ2) is 9.95. The van der Waals surface area contributed by atoms with Crippen LogP contribution in [0.5, 0.6) is 17.4 Å². The number of rotatable bonds is 6. The molecule has 38 heavy (non-hydrogen) atoms. The molecular weight excluding hydrogens is 507 g/mol. The molecule has 1 aliphatic heterocycles. The van der Waals surface area contributed by atoms with Gasteiger partial charge >= 0.3 is 12.2 Å². The summed E-state index contributed by atoms with van der Waals surface area (Å²) in [6, 6.07) is 3.26. The van der Waals surface area contributed by atoms with Gasteiger partial charge in [-0.25, -0.2) is 14.8 Å². The molecule has 200 valence electrons. The smallest absolute Gasteiger partial charge is 0.417 e. The summed E-state index contributed by atoms with van der Waals surface area (Å²) >= 11 is 0. The van der Waals surface area contributed by atoms with E-state index in [1.807, 2.05) is 0 Å². The lowest BCUT2D eigenvalue weighted by Crippen LogP contribution is -2.44. The lowest BCUT2D eigenvalue weighted by atomic mass is 9.92. The number of amides is 3. The number of urea groups is 1. The second-order valence-corrected chi connectivity index (χ2v) is 9.01. The monoisotopic (exact) mass is 531 g/mol. The summed E-state index contributed by atoms with van der Waals surface area (Å²) in [5.74, 6) is 0.963. The molecule has 0 unspecified atom stereocenters. The van der Waals surface area contributed by atoms with E-state index in [0.29, 0.717) is 60.2 Å². The number of carbonyl (C=O) groups is 2. The molecule has 5 rings (SSSR count). The zero-order chi connectivity index (χ0) is 27.0. The van der Waals surface area contributed by atoms with Crippen molar-refractivity contribution in [1.82, 2.24) is 19.9 Å². The van der Waals surface area contributed by atoms with Crippen LogP contribution in [0.1, 0.15) is 31.2 Å². The predicted octanol–water partition coefficient (Wildman–Crippen LogP) is 4.22. The fourth-order valence-corrected chi connectivity index (χ4v) is 4.84. The zero-order valence-corrected chi connectivity index (χ0v) is 20.6. The number of anilines is 1. The summed E-state index contributed by atoms with van der Waals surface area (Å²) in [6.45, 7) is -0.337. The van der Waals surface area contributed by atoms with Crippen LogP contribution in [0.3, 0.4) is 0 Å². The van der Waals surface area contributed by atoms with Crippen LogP contribution < -0.4 is 19.1 Å². The Balaban J connectivity index is 1.27. The van der Waals surface area contributed by atoms with Crippen molar-refractivity contribution in [3.05, 3.63) is 42.5 Å². The summed E-state index contributed by atoms with van der Waals surface area (Å²) in [4.78, 5) is 40.1. The standard InChI is InChI=1S/C25H24F3N5O5/c1-36-20-8-18-19(9-21(20)37-2)30-13-31-23(18)38-17-5-3-15(4-6-17)33-22(34)12-32(24(33)35)16-7-14(10-29-11-16)25(26,27)28/h7-11,13,15,17H,3-6,12H2,1-2H3/t15-,17-. The molecule has 0 bridgehead atoms. The fraction of sp³-hybridized carbons (Fsp3) is 0.400. The average Bonchev–Trinajstić information content (AvgIpc) is 3.21. The van der Waals surface area contributed by atoms with E-state index < -0.39 is 23.7 Å². The van der Waals surface area contributed by atoms with Crippen LogP contribution in [0.2, 0.25) is 0 Å². The Bertz CT molecular complexity index is 1380. The molecule has 1 saturated carbocycles. The number of ether oxygens (including phenoxy) is 3. The minimum Gasteiger partial charge on any atom is -0.493 e. The van der Waals surface area contributed by atoms with E-state index in [9.17, 15) is 22.8 Å². The number of methoxy groups -OCH3 is 2. The molecule has 2 aromatic heterocycles. The lowest BCUT2D eigenvalue weighted by Gasteiger charge is -2.33. The van der Waals surface area contributed by atoms with Crippen LogP contribution in [0.4, 0.5) is 23.7 Å². The highest BCUT2D eigenvalue weighted by molar-refractivity contribution is 6.12. The minimum absolute atomic E-state index is 0.0691. The predicted molar refractivity (Wildman–Crippen MR) is 128 cm³/mol. The van der Waals surface area contributed by atoms with Crippen LogP contribution in [-0.2, 0) is 11.0 Å². The molecule has 1 aliphatic carbocycles. The van der Waals surface area contributed by atoms with E-state index in [4.69, 9.17) is 14.2 Å². The van der Waals surface area contributed by atoms with Gasteiger partial charge in [0.25, 0.3) is 5.91 Å². The first-order valence-electron chi connectivity index (χ1n) is 11.9. The topological polar surface area (TPSA) is 107 Å². The Kier molecular flexibility index (Phi) is 6.67. The van der Waals surface area contributed by atoms with Crippen LogP contribution in [0.25, 0.3) is 10.9 Å². The van der Waals surface area contributed by atoms with Crippen LogP contribution >= 0.6 is 0 Å². The molecule has 3 aromatic rings. The first-order valence-corrected chi connectivity index (χ1v) is 11.9. The van der Waals surface area contributed by atoms with Gasteiger partial charge in [-0.1, -0.05) is 0 Å². The highest BCUT2D eigenvalue weighted by Gasteiger charge is 2.43. The van der Waals surface area contributed by atoms with Gasteiger partial charge in [0.1, 0.15) is 19.0 Å². The first-order chi connectivity index (χ1) is 18.2. The second-order valence-electron chi connectivity index (χ2n) is 9.01. The van der Waals surface area contributed by atoms with E-state index in [1.165, 1.54) is 20.5 Å². The van der Waals surface area contributed by atoms with Crippen LogP contribution in [0.15, 0.2) is 36.9 Å². The van der Waals surface area contributed by atoms with E-state index >= 15 is 0 Å². The molecule has 0 radical (unpaired) electrons. The minimum atomic E-state index is -4.61. The van der Waals surface area contributed by atoms with E-state index in [-0.39, 0.29) is 24.4 Å². The van der Waals surface area contributed by atoms with Gasteiger partial charge in [0, 0.05) is 18.3 Å². The van der Waals surface area contributed by atoms with Crippen molar-refractivity contribution in [2.75, 3.05) is 25.7 Å². The van der Waals surface area contributed by atoms with Gasteiger partial charge in [0.2, 0.25) is 5.88 Å². The van der Waals surface area contributed by atoms with Gasteiger partial charge in [-0.15, -0.1) is 0 Å². The summed E-state index contributed by atoms with van der Waals surface area (Å²) in [5.41, 5.74) is -0.432. The highest BCUT2D eigenvalue weighted by Crippen LogP contribution is 2.37. The van der Waals surface area contributed by atoms with Gasteiger partial charge in [0.05, 0.1) is 42.6 Å². The number of imide groups is 1. The van der Waals surface area contributed by atoms with Crippen molar-refractivity contribution in [2.24, 2.45) is 0 Å². The molecule has 3 amide bonds. The summed E-state index contributed by atoms with van der Waals surface area (Å²) in [7, 11) is 3.06. The van der Waals surface area contributed by atoms with Gasteiger partial charge in [-0.2, -0.15) is 13.2 Å². The SMILES string of the molecule is COc1cc2ncnc(O[C@H]3CC[C@H](N4C(=O)CN(c5cncc(C(F)(F)F)c5)C4=O)CC3)c2cc1OC. The van der Waals surface area contributed by atoms with Crippen molar-refractivity contribution in [3.8, 4) is 17.4 Å². The molecule has 0 atom stereocenters. The highest BCUT2D eigenvalue weighted by atomic mass is 19.4. The fourth-order valence-electron chi connectivity index (χ4n) is 4.84. The zero-order valence-electron chi connectivity index (χ0n) is 20.6. The molecule has 0 spiro atoms. The number of hydrogen-bond donors (Lipinski definition) is 0. The van der Waals surface area contributed by atoms with Crippen molar-refractivity contribution in [2.45, 2.75) is 44.0 Å². The van der Waals surface area contributed by atoms with Crippen LogP contribution in [-0.4, -0.2) is 64.7 Å². The Morgan fingerprint density at radius 2 is 1.66 bits per heavy atom. The van der Waals surface area contributed by atoms with Crippen molar-refractivity contribution in [1.29, 1.82) is 0 Å². The molecule has 1 saturated heterocycles. The Morgan fingerprint density at radius 3 is 2.34 bits per heavy atom. The third-order valence-electron chi connectivity index (χ3n) is 6.75. The number of benzene rings is 1. The molecule has 2 fully saturated rings. The number of pyridine rings is 1. The molecular formula is C25H24F3N5O5. The third-order valence-corrected chi connectivity index (χ3v) is 6.75. The Morgan fingerprint density at radius 1 is 0.947 bits per heavy atom. The lowest BCUT2D eigenvalue weighted by molar-refractivity contribution is -0.137. The number of carbonyl (C=O) groups excluding carboxylic acids is 2. The summed E-state index contributed by atoms with van der Waals surface area (Å²) < 4.78 is 56.2. The summed E-state index contributed by atoms with van der Waals surface area (Å²) in [6.07, 6.45) is 0.456. The molecule has 2 aliphatic rings. The third kappa shape index (κ3) is 4.75. The van der Waals surface area contributed by atoms with E-state index in [0.717, 1.165) is 22.1 Å². The number of nitrogens with zero attached hydrogens (tertiary/aromatic N) is 5. The maximum absolute atomic E-state index is 13.1. The van der Waals surface area contributed by atoms with Crippen molar-refractivity contribution in [3.63, 3.8) is 0 Å².